The van der Waals surface area contributed by atoms with Crippen LogP contribution < -0.4 is 11.1 Å². The first kappa shape index (κ1) is 14.9. The summed E-state index contributed by atoms with van der Waals surface area (Å²) in [5.74, 6) is -0.279. The monoisotopic (exact) mass is 288 g/mol. The second kappa shape index (κ2) is 6.33. The molecule has 0 spiro atoms. The molecule has 1 aliphatic carbocycles. The van der Waals surface area contributed by atoms with Gasteiger partial charge >= 0.3 is 0 Å². The first-order valence-electron chi connectivity index (χ1n) is 6.76. The first-order valence-corrected chi connectivity index (χ1v) is 6.76. The predicted octanol–water partition coefficient (Wildman–Crippen LogP) is 1.92. The number of amides is 1. The third-order valence-corrected chi connectivity index (χ3v) is 3.73. The summed E-state index contributed by atoms with van der Waals surface area (Å²) in [6.07, 6.45) is 3.07. The van der Waals surface area contributed by atoms with Crippen LogP contribution in [0.15, 0.2) is 18.2 Å². The standard InChI is InChI=1S/C14H16N4O3/c15-8-10-7-12(18(20)21)5-6-13(10)17-14(19)9-1-3-11(16)4-2-9/h5-7,9,11H,1-4,16H2,(H,17,19). The van der Waals surface area contributed by atoms with E-state index in [-0.39, 0.29) is 29.1 Å². The summed E-state index contributed by atoms with van der Waals surface area (Å²) in [6.45, 7) is 0. The molecule has 110 valence electrons. The predicted molar refractivity (Wildman–Crippen MR) is 76.4 cm³/mol. The minimum Gasteiger partial charge on any atom is -0.328 e. The van der Waals surface area contributed by atoms with E-state index in [1.807, 2.05) is 6.07 Å². The lowest BCUT2D eigenvalue weighted by Crippen LogP contribution is -2.32. The van der Waals surface area contributed by atoms with E-state index in [0.29, 0.717) is 5.69 Å². The highest BCUT2D eigenvalue weighted by Crippen LogP contribution is 2.26. The summed E-state index contributed by atoms with van der Waals surface area (Å²) < 4.78 is 0. The molecule has 0 radical (unpaired) electrons. The second-order valence-corrected chi connectivity index (χ2v) is 5.20. The molecule has 2 rings (SSSR count). The molecule has 1 fully saturated rings. The average molecular weight is 288 g/mol. The van der Waals surface area contributed by atoms with E-state index < -0.39 is 4.92 Å². The minimum atomic E-state index is -0.574. The number of carbonyl (C=O) groups excluding carboxylic acids is 1. The molecule has 1 saturated carbocycles. The fourth-order valence-electron chi connectivity index (χ4n) is 2.46. The van der Waals surface area contributed by atoms with Crippen LogP contribution in [-0.2, 0) is 4.79 Å². The molecule has 1 aromatic carbocycles. The third kappa shape index (κ3) is 3.55. The molecule has 7 heteroatoms. The zero-order valence-electron chi connectivity index (χ0n) is 11.4. The number of nitriles is 1. The Morgan fingerprint density at radius 3 is 2.62 bits per heavy atom. The number of nitrogens with zero attached hydrogens (tertiary/aromatic N) is 2. The Kier molecular flexibility index (Phi) is 4.50. The van der Waals surface area contributed by atoms with Crippen LogP contribution in [0.4, 0.5) is 11.4 Å². The molecular formula is C14H16N4O3. The number of non-ortho nitro benzene ring substituents is 1. The molecule has 21 heavy (non-hydrogen) atoms. The Morgan fingerprint density at radius 1 is 1.38 bits per heavy atom. The highest BCUT2D eigenvalue weighted by molar-refractivity contribution is 5.94. The van der Waals surface area contributed by atoms with E-state index in [4.69, 9.17) is 11.0 Å². The zero-order chi connectivity index (χ0) is 15.4. The van der Waals surface area contributed by atoms with Crippen LogP contribution >= 0.6 is 0 Å². The molecule has 1 aromatic rings. The van der Waals surface area contributed by atoms with Crippen molar-refractivity contribution in [2.45, 2.75) is 31.7 Å². The van der Waals surface area contributed by atoms with Crippen molar-refractivity contribution in [1.82, 2.24) is 0 Å². The van der Waals surface area contributed by atoms with Gasteiger partial charge in [-0.1, -0.05) is 0 Å². The maximum atomic E-state index is 12.2. The van der Waals surface area contributed by atoms with Gasteiger partial charge in [-0.05, 0) is 31.7 Å². The van der Waals surface area contributed by atoms with Crippen molar-refractivity contribution >= 4 is 17.3 Å². The number of rotatable bonds is 3. The number of nitro benzene ring substituents is 1. The van der Waals surface area contributed by atoms with E-state index in [1.165, 1.54) is 12.1 Å². The number of nitro groups is 1. The molecular weight excluding hydrogens is 272 g/mol. The lowest BCUT2D eigenvalue weighted by molar-refractivity contribution is -0.384. The van der Waals surface area contributed by atoms with Gasteiger partial charge in [0.2, 0.25) is 5.91 Å². The maximum absolute atomic E-state index is 12.2. The normalized spacial score (nSPS) is 21.3. The van der Waals surface area contributed by atoms with Crippen molar-refractivity contribution < 1.29 is 9.72 Å². The zero-order valence-corrected chi connectivity index (χ0v) is 11.4. The van der Waals surface area contributed by atoms with Crippen molar-refractivity contribution in [2.24, 2.45) is 11.7 Å². The summed E-state index contributed by atoms with van der Waals surface area (Å²) in [6, 6.07) is 5.84. The van der Waals surface area contributed by atoms with Crippen LogP contribution in [0.3, 0.4) is 0 Å². The molecule has 3 N–H and O–H groups in total. The van der Waals surface area contributed by atoms with Gasteiger partial charge in [-0.15, -0.1) is 0 Å². The fraction of sp³-hybridized carbons (Fsp3) is 0.429. The fourth-order valence-corrected chi connectivity index (χ4v) is 2.46. The Hall–Kier alpha value is -2.46. The molecule has 0 unspecified atom stereocenters. The lowest BCUT2D eigenvalue weighted by Gasteiger charge is -2.25. The quantitative estimate of drug-likeness (QED) is 0.649. The molecule has 0 saturated heterocycles. The van der Waals surface area contributed by atoms with E-state index in [2.05, 4.69) is 5.32 Å². The van der Waals surface area contributed by atoms with E-state index in [1.54, 1.807) is 0 Å². The van der Waals surface area contributed by atoms with E-state index in [9.17, 15) is 14.9 Å². The number of anilines is 1. The topological polar surface area (TPSA) is 122 Å². The van der Waals surface area contributed by atoms with Crippen LogP contribution in [0.5, 0.6) is 0 Å². The number of nitrogens with one attached hydrogen (secondary N) is 1. The summed E-state index contributed by atoms with van der Waals surface area (Å²) in [7, 11) is 0. The van der Waals surface area contributed by atoms with Gasteiger partial charge in [0.1, 0.15) is 6.07 Å². The third-order valence-electron chi connectivity index (χ3n) is 3.73. The molecule has 0 bridgehead atoms. The van der Waals surface area contributed by atoms with Gasteiger partial charge in [-0.3, -0.25) is 14.9 Å². The largest absolute Gasteiger partial charge is 0.328 e. The van der Waals surface area contributed by atoms with Gasteiger partial charge in [0.15, 0.2) is 0 Å². The summed E-state index contributed by atoms with van der Waals surface area (Å²) in [5, 5.41) is 22.4. The number of hydrogen-bond acceptors (Lipinski definition) is 5. The van der Waals surface area contributed by atoms with Gasteiger partial charge in [0, 0.05) is 24.1 Å². The van der Waals surface area contributed by atoms with Crippen molar-refractivity contribution in [3.8, 4) is 6.07 Å². The van der Waals surface area contributed by atoms with Crippen molar-refractivity contribution in [3.63, 3.8) is 0 Å². The Bertz CT molecular complexity index is 601. The van der Waals surface area contributed by atoms with Crippen LogP contribution in [0.25, 0.3) is 0 Å². The van der Waals surface area contributed by atoms with Crippen molar-refractivity contribution in [2.75, 3.05) is 5.32 Å². The number of nitrogens with two attached hydrogens (primary N) is 1. The van der Waals surface area contributed by atoms with Crippen LogP contribution in [0.1, 0.15) is 31.2 Å². The molecule has 0 heterocycles. The SMILES string of the molecule is N#Cc1cc([N+](=O)[O-])ccc1NC(=O)C1CCC(N)CC1. The van der Waals surface area contributed by atoms with Gasteiger partial charge in [0.25, 0.3) is 5.69 Å². The molecule has 1 amide bonds. The molecule has 1 aliphatic rings. The Morgan fingerprint density at radius 2 is 2.05 bits per heavy atom. The van der Waals surface area contributed by atoms with E-state index in [0.717, 1.165) is 31.7 Å². The Labute approximate surface area is 121 Å². The smallest absolute Gasteiger partial charge is 0.270 e. The number of benzene rings is 1. The molecule has 7 nitrogen and oxygen atoms in total. The summed E-state index contributed by atoms with van der Waals surface area (Å²) >= 11 is 0. The first-order chi connectivity index (χ1) is 10.0. The molecule has 0 aromatic heterocycles. The second-order valence-electron chi connectivity index (χ2n) is 5.20. The minimum absolute atomic E-state index is 0.0880. The van der Waals surface area contributed by atoms with Crippen LogP contribution in [-0.4, -0.2) is 16.9 Å². The summed E-state index contributed by atoms with van der Waals surface area (Å²) in [4.78, 5) is 22.3. The van der Waals surface area contributed by atoms with Crippen LogP contribution in [0, 0.1) is 27.4 Å². The van der Waals surface area contributed by atoms with Gasteiger partial charge in [-0.25, -0.2) is 0 Å². The summed E-state index contributed by atoms with van der Waals surface area (Å²) in [5.41, 5.74) is 6.03. The van der Waals surface area contributed by atoms with Gasteiger partial charge < -0.3 is 11.1 Å². The molecule has 0 aliphatic heterocycles. The highest BCUT2D eigenvalue weighted by Gasteiger charge is 2.25. The highest BCUT2D eigenvalue weighted by atomic mass is 16.6. The van der Waals surface area contributed by atoms with Crippen LogP contribution in [0.2, 0.25) is 0 Å². The van der Waals surface area contributed by atoms with E-state index >= 15 is 0 Å². The van der Waals surface area contributed by atoms with Crippen molar-refractivity contribution in [1.29, 1.82) is 5.26 Å². The average Bonchev–Trinajstić information content (AvgIpc) is 2.48. The number of hydrogen-bond donors (Lipinski definition) is 2. The Balaban J connectivity index is 2.10. The van der Waals surface area contributed by atoms with Gasteiger partial charge in [0.05, 0.1) is 16.2 Å². The van der Waals surface area contributed by atoms with Gasteiger partial charge in [-0.2, -0.15) is 5.26 Å². The van der Waals surface area contributed by atoms with Crippen molar-refractivity contribution in [3.05, 3.63) is 33.9 Å². The maximum Gasteiger partial charge on any atom is 0.270 e. The number of carbonyl (C=O) groups is 1. The lowest BCUT2D eigenvalue weighted by atomic mass is 9.86. The molecule has 0 atom stereocenters.